The maximum Gasteiger partial charge on any atom is 0.322 e. The number of carboxylic acids is 1. The Labute approximate surface area is 112 Å². The number of carbonyl (C=O) groups excluding carboxylic acids is 1. The van der Waals surface area contributed by atoms with Crippen molar-refractivity contribution in [2.75, 3.05) is 13.1 Å². The molecule has 2 rings (SSSR count). The average Bonchev–Trinajstić information content (AvgIpc) is 2.26. The molecule has 1 unspecified atom stereocenters. The Morgan fingerprint density at radius 2 is 2.00 bits per heavy atom. The molecule has 0 spiro atoms. The molecule has 1 aromatic rings. The lowest BCUT2D eigenvalue weighted by Gasteiger charge is -2.32. The summed E-state index contributed by atoms with van der Waals surface area (Å²) in [6.45, 7) is 4.79. The molecule has 0 aliphatic carbocycles. The largest absolute Gasteiger partial charge is 0.480 e. The molecule has 5 nitrogen and oxygen atoms in total. The molecule has 1 aliphatic rings. The van der Waals surface area contributed by atoms with Gasteiger partial charge in [0.15, 0.2) is 0 Å². The summed E-state index contributed by atoms with van der Waals surface area (Å²) in [4.78, 5) is 24.3. The molecule has 0 aromatic heterocycles. The van der Waals surface area contributed by atoms with Crippen LogP contribution < -0.4 is 5.32 Å². The number of piperazine rings is 1. The molecule has 5 heteroatoms. The molecule has 2 N–H and O–H groups in total. The highest BCUT2D eigenvalue weighted by Gasteiger charge is 2.31. The maximum atomic E-state index is 11.4. The minimum atomic E-state index is -0.899. The number of hydrogen-bond donors (Lipinski definition) is 2. The molecule has 19 heavy (non-hydrogen) atoms. The summed E-state index contributed by atoms with van der Waals surface area (Å²) < 4.78 is 0. The summed E-state index contributed by atoms with van der Waals surface area (Å²) in [5.74, 6) is -1.02. The van der Waals surface area contributed by atoms with Crippen LogP contribution in [0, 0.1) is 13.8 Å². The van der Waals surface area contributed by atoms with E-state index in [0.717, 1.165) is 16.7 Å². The second-order valence-corrected chi connectivity index (χ2v) is 5.06. The lowest BCUT2D eigenvalue weighted by atomic mass is 10.1. The number of amides is 1. The van der Waals surface area contributed by atoms with E-state index >= 15 is 0 Å². The minimum absolute atomic E-state index is 0.123. The summed E-state index contributed by atoms with van der Waals surface area (Å²) in [5.41, 5.74) is 3.32. The Kier molecular flexibility index (Phi) is 3.85. The summed E-state index contributed by atoms with van der Waals surface area (Å²) in [5, 5.41) is 11.8. The van der Waals surface area contributed by atoms with Gasteiger partial charge in [-0.2, -0.15) is 0 Å². The fraction of sp³-hybridized carbons (Fsp3) is 0.429. The SMILES string of the molecule is Cc1cc(C)cc(CN2CC(=O)NCC2C(=O)O)c1. The van der Waals surface area contributed by atoms with E-state index in [4.69, 9.17) is 0 Å². The van der Waals surface area contributed by atoms with Crippen molar-refractivity contribution in [3.05, 3.63) is 34.9 Å². The average molecular weight is 262 g/mol. The van der Waals surface area contributed by atoms with E-state index in [9.17, 15) is 14.7 Å². The Balaban J connectivity index is 2.18. The summed E-state index contributed by atoms with van der Waals surface area (Å²) in [6.07, 6.45) is 0. The molecule has 0 radical (unpaired) electrons. The summed E-state index contributed by atoms with van der Waals surface area (Å²) >= 11 is 0. The number of benzene rings is 1. The highest BCUT2D eigenvalue weighted by molar-refractivity contribution is 5.83. The molecule has 0 bridgehead atoms. The van der Waals surface area contributed by atoms with Crippen molar-refractivity contribution >= 4 is 11.9 Å². The first-order chi connectivity index (χ1) is 8.95. The molecular weight excluding hydrogens is 244 g/mol. The van der Waals surface area contributed by atoms with E-state index in [-0.39, 0.29) is 19.0 Å². The van der Waals surface area contributed by atoms with Gasteiger partial charge in [-0.05, 0) is 19.4 Å². The molecule has 1 atom stereocenters. The van der Waals surface area contributed by atoms with Crippen molar-refractivity contribution in [3.63, 3.8) is 0 Å². The number of nitrogens with zero attached hydrogens (tertiary/aromatic N) is 1. The zero-order chi connectivity index (χ0) is 14.0. The van der Waals surface area contributed by atoms with Gasteiger partial charge in [-0.3, -0.25) is 14.5 Å². The number of aliphatic carboxylic acids is 1. The van der Waals surface area contributed by atoms with Gasteiger partial charge in [0.1, 0.15) is 6.04 Å². The van der Waals surface area contributed by atoms with Gasteiger partial charge in [0.25, 0.3) is 0 Å². The molecule has 102 valence electrons. The third-order valence-corrected chi connectivity index (χ3v) is 3.23. The molecule has 1 aliphatic heterocycles. The number of aryl methyl sites for hydroxylation is 2. The van der Waals surface area contributed by atoms with E-state index in [1.54, 1.807) is 4.90 Å². The highest BCUT2D eigenvalue weighted by atomic mass is 16.4. The highest BCUT2D eigenvalue weighted by Crippen LogP contribution is 2.14. The van der Waals surface area contributed by atoms with Crippen LogP contribution in [0.15, 0.2) is 18.2 Å². The Morgan fingerprint density at radius 3 is 2.58 bits per heavy atom. The van der Waals surface area contributed by atoms with Crippen LogP contribution in [0.5, 0.6) is 0 Å². The molecule has 0 saturated carbocycles. The normalized spacial score (nSPS) is 20.1. The lowest BCUT2D eigenvalue weighted by Crippen LogP contribution is -2.56. The molecular formula is C14H18N2O3. The second-order valence-electron chi connectivity index (χ2n) is 5.06. The zero-order valence-electron chi connectivity index (χ0n) is 11.1. The predicted octanol–water partition coefficient (Wildman–Crippen LogP) is 0.688. The van der Waals surface area contributed by atoms with Gasteiger partial charge in [0, 0.05) is 13.1 Å². The van der Waals surface area contributed by atoms with Crippen LogP contribution in [0.25, 0.3) is 0 Å². The first-order valence-electron chi connectivity index (χ1n) is 6.26. The minimum Gasteiger partial charge on any atom is -0.480 e. The molecule has 1 aromatic carbocycles. The quantitative estimate of drug-likeness (QED) is 0.841. The van der Waals surface area contributed by atoms with E-state index < -0.39 is 12.0 Å². The smallest absolute Gasteiger partial charge is 0.322 e. The van der Waals surface area contributed by atoms with E-state index in [1.165, 1.54) is 0 Å². The Morgan fingerprint density at radius 1 is 1.37 bits per heavy atom. The van der Waals surface area contributed by atoms with Crippen LogP contribution in [-0.4, -0.2) is 41.0 Å². The lowest BCUT2D eigenvalue weighted by molar-refractivity contribution is -0.146. The fourth-order valence-corrected chi connectivity index (χ4v) is 2.49. The number of carbonyl (C=O) groups is 2. The standard InChI is InChI=1S/C14H18N2O3/c1-9-3-10(2)5-11(4-9)7-16-8-13(17)15-6-12(16)14(18)19/h3-5,12H,6-8H2,1-2H3,(H,15,17)(H,18,19). The Bertz CT molecular complexity index is 493. The van der Waals surface area contributed by atoms with Gasteiger partial charge in [0.2, 0.25) is 5.91 Å². The molecule has 1 amide bonds. The van der Waals surface area contributed by atoms with Gasteiger partial charge in [-0.15, -0.1) is 0 Å². The second kappa shape index (κ2) is 5.40. The third-order valence-electron chi connectivity index (χ3n) is 3.23. The van der Waals surface area contributed by atoms with E-state index in [1.807, 2.05) is 26.0 Å². The van der Waals surface area contributed by atoms with E-state index in [0.29, 0.717) is 6.54 Å². The van der Waals surface area contributed by atoms with Crippen LogP contribution >= 0.6 is 0 Å². The summed E-state index contributed by atoms with van der Waals surface area (Å²) in [7, 11) is 0. The van der Waals surface area contributed by atoms with Crippen molar-refractivity contribution < 1.29 is 14.7 Å². The zero-order valence-corrected chi connectivity index (χ0v) is 11.1. The summed E-state index contributed by atoms with van der Waals surface area (Å²) in [6, 6.07) is 5.47. The van der Waals surface area contributed by atoms with E-state index in [2.05, 4.69) is 11.4 Å². The van der Waals surface area contributed by atoms with Gasteiger partial charge >= 0.3 is 5.97 Å². The van der Waals surface area contributed by atoms with Gasteiger partial charge < -0.3 is 10.4 Å². The van der Waals surface area contributed by atoms with Crippen LogP contribution in [0.4, 0.5) is 0 Å². The van der Waals surface area contributed by atoms with Gasteiger partial charge in [-0.25, -0.2) is 0 Å². The first kappa shape index (κ1) is 13.5. The van der Waals surface area contributed by atoms with Gasteiger partial charge in [-0.1, -0.05) is 29.3 Å². The fourth-order valence-electron chi connectivity index (χ4n) is 2.49. The predicted molar refractivity (Wildman–Crippen MR) is 70.8 cm³/mol. The first-order valence-corrected chi connectivity index (χ1v) is 6.26. The van der Waals surface area contributed by atoms with Crippen molar-refractivity contribution in [1.82, 2.24) is 10.2 Å². The van der Waals surface area contributed by atoms with Crippen LogP contribution in [-0.2, 0) is 16.1 Å². The molecule has 1 fully saturated rings. The number of carboxylic acid groups (broad SMARTS) is 1. The topological polar surface area (TPSA) is 69.6 Å². The number of nitrogens with one attached hydrogen (secondary N) is 1. The number of hydrogen-bond acceptors (Lipinski definition) is 3. The van der Waals surface area contributed by atoms with Crippen LogP contribution in [0.1, 0.15) is 16.7 Å². The molecule has 1 saturated heterocycles. The Hall–Kier alpha value is -1.88. The number of rotatable bonds is 3. The molecule has 1 heterocycles. The van der Waals surface area contributed by atoms with Crippen molar-refractivity contribution in [3.8, 4) is 0 Å². The van der Waals surface area contributed by atoms with Crippen molar-refractivity contribution in [1.29, 1.82) is 0 Å². The third kappa shape index (κ3) is 3.32. The van der Waals surface area contributed by atoms with Crippen LogP contribution in [0.3, 0.4) is 0 Å². The van der Waals surface area contributed by atoms with Crippen molar-refractivity contribution in [2.45, 2.75) is 26.4 Å². The van der Waals surface area contributed by atoms with Crippen molar-refractivity contribution in [2.24, 2.45) is 0 Å². The maximum absolute atomic E-state index is 11.4. The van der Waals surface area contributed by atoms with Gasteiger partial charge in [0.05, 0.1) is 6.54 Å². The van der Waals surface area contributed by atoms with Crippen LogP contribution in [0.2, 0.25) is 0 Å². The monoisotopic (exact) mass is 262 g/mol.